The molecule has 0 aromatic carbocycles. The van der Waals surface area contributed by atoms with E-state index in [-0.39, 0.29) is 0 Å². The smallest absolute Gasteiger partial charge is 0.146 e. The molecule has 16 heavy (non-hydrogen) atoms. The second-order valence-corrected chi connectivity index (χ2v) is 4.31. The summed E-state index contributed by atoms with van der Waals surface area (Å²) in [5.74, 6) is 0.969. The van der Waals surface area contributed by atoms with Gasteiger partial charge in [0.25, 0.3) is 0 Å². The zero-order chi connectivity index (χ0) is 11.4. The Labute approximate surface area is 96.2 Å². The van der Waals surface area contributed by atoms with E-state index in [2.05, 4.69) is 22.4 Å². The van der Waals surface area contributed by atoms with Crippen molar-refractivity contribution in [2.24, 2.45) is 7.05 Å². The lowest BCUT2D eigenvalue weighted by Crippen LogP contribution is -2.39. The first-order valence-corrected chi connectivity index (χ1v) is 5.99. The van der Waals surface area contributed by atoms with Crippen molar-refractivity contribution in [2.75, 3.05) is 6.61 Å². The van der Waals surface area contributed by atoms with Gasteiger partial charge < -0.3 is 14.6 Å². The normalized spacial score (nSPS) is 22.5. The van der Waals surface area contributed by atoms with E-state index in [4.69, 9.17) is 4.74 Å². The number of aromatic nitrogens is 3. The van der Waals surface area contributed by atoms with E-state index in [1.165, 1.54) is 12.8 Å². The highest BCUT2D eigenvalue weighted by molar-refractivity contribution is 4.87. The van der Waals surface area contributed by atoms with Gasteiger partial charge in [0.15, 0.2) is 0 Å². The fraction of sp³-hybridized carbons (Fsp3) is 0.818. The average molecular weight is 224 g/mol. The van der Waals surface area contributed by atoms with Crippen molar-refractivity contribution in [3.8, 4) is 0 Å². The summed E-state index contributed by atoms with van der Waals surface area (Å²) in [6, 6.07) is 0.430. The fourth-order valence-corrected chi connectivity index (χ4v) is 2.15. The molecule has 0 spiro atoms. The minimum atomic E-state index is 0.373. The van der Waals surface area contributed by atoms with Crippen LogP contribution < -0.4 is 5.32 Å². The Morgan fingerprint density at radius 1 is 1.69 bits per heavy atom. The standard InChI is InChI=1S/C11H20N4O/c1-3-9(10-5-4-6-16-10)12-7-11-14-13-8-15(11)2/h8-10,12H,3-7H2,1-2H3/t9-,10+/m1/s1. The SMILES string of the molecule is CC[C@@H](NCc1nncn1C)[C@@H]1CCCO1. The maximum absolute atomic E-state index is 5.70. The summed E-state index contributed by atoms with van der Waals surface area (Å²) in [5.41, 5.74) is 0. The molecule has 1 fully saturated rings. The first kappa shape index (κ1) is 11.5. The summed E-state index contributed by atoms with van der Waals surface area (Å²) in [5, 5.41) is 11.4. The van der Waals surface area contributed by atoms with Gasteiger partial charge in [-0.2, -0.15) is 0 Å². The molecule has 5 nitrogen and oxygen atoms in total. The predicted molar refractivity (Wildman–Crippen MR) is 60.9 cm³/mol. The molecule has 0 amide bonds. The number of aryl methyl sites for hydroxylation is 1. The van der Waals surface area contributed by atoms with Crippen molar-refractivity contribution in [3.05, 3.63) is 12.2 Å². The zero-order valence-corrected chi connectivity index (χ0v) is 10.0. The first-order chi connectivity index (χ1) is 7.81. The second-order valence-electron chi connectivity index (χ2n) is 4.31. The molecular weight excluding hydrogens is 204 g/mol. The molecule has 1 aliphatic rings. The summed E-state index contributed by atoms with van der Waals surface area (Å²) in [4.78, 5) is 0. The fourth-order valence-electron chi connectivity index (χ4n) is 2.15. The highest BCUT2D eigenvalue weighted by Crippen LogP contribution is 2.17. The molecule has 2 atom stereocenters. The topological polar surface area (TPSA) is 52.0 Å². The third kappa shape index (κ3) is 2.59. The molecule has 5 heteroatoms. The minimum Gasteiger partial charge on any atom is -0.377 e. The average Bonchev–Trinajstić information content (AvgIpc) is 2.92. The molecule has 0 saturated carbocycles. The molecular formula is C11H20N4O. The van der Waals surface area contributed by atoms with E-state index in [1.54, 1.807) is 6.33 Å². The quantitative estimate of drug-likeness (QED) is 0.806. The van der Waals surface area contributed by atoms with Crippen molar-refractivity contribution in [1.29, 1.82) is 0 Å². The number of hydrogen-bond acceptors (Lipinski definition) is 4. The number of rotatable bonds is 5. The Hall–Kier alpha value is -0.940. The number of nitrogens with zero attached hydrogens (tertiary/aromatic N) is 3. The van der Waals surface area contributed by atoms with Crippen LogP contribution in [0.3, 0.4) is 0 Å². The third-order valence-corrected chi connectivity index (χ3v) is 3.18. The van der Waals surface area contributed by atoms with E-state index in [9.17, 15) is 0 Å². The van der Waals surface area contributed by atoms with Crippen molar-refractivity contribution in [2.45, 2.75) is 44.9 Å². The maximum atomic E-state index is 5.70. The van der Waals surface area contributed by atoms with Crippen LogP contribution in [0.2, 0.25) is 0 Å². The lowest BCUT2D eigenvalue weighted by molar-refractivity contribution is 0.0761. The van der Waals surface area contributed by atoms with E-state index in [0.717, 1.165) is 25.4 Å². The van der Waals surface area contributed by atoms with Gasteiger partial charge in [-0.1, -0.05) is 6.92 Å². The third-order valence-electron chi connectivity index (χ3n) is 3.18. The van der Waals surface area contributed by atoms with Crippen LogP contribution in [0.25, 0.3) is 0 Å². The van der Waals surface area contributed by atoms with Gasteiger partial charge in [-0.15, -0.1) is 10.2 Å². The van der Waals surface area contributed by atoms with Gasteiger partial charge in [0.2, 0.25) is 0 Å². The summed E-state index contributed by atoms with van der Waals surface area (Å²) < 4.78 is 7.64. The zero-order valence-electron chi connectivity index (χ0n) is 10.0. The van der Waals surface area contributed by atoms with Crippen LogP contribution in [0.1, 0.15) is 32.0 Å². The van der Waals surface area contributed by atoms with Crippen molar-refractivity contribution in [3.63, 3.8) is 0 Å². The Morgan fingerprint density at radius 2 is 2.56 bits per heavy atom. The number of ether oxygens (including phenoxy) is 1. The van der Waals surface area contributed by atoms with Gasteiger partial charge in [-0.25, -0.2) is 0 Å². The van der Waals surface area contributed by atoms with Crippen LogP contribution in [0.4, 0.5) is 0 Å². The predicted octanol–water partition coefficient (Wildman–Crippen LogP) is 0.862. The maximum Gasteiger partial charge on any atom is 0.146 e. The minimum absolute atomic E-state index is 0.373. The summed E-state index contributed by atoms with van der Waals surface area (Å²) in [6.07, 6.45) is 5.54. The molecule has 90 valence electrons. The van der Waals surface area contributed by atoms with Crippen LogP contribution in [0.15, 0.2) is 6.33 Å². The summed E-state index contributed by atoms with van der Waals surface area (Å²) in [6.45, 7) is 3.86. The molecule has 1 aromatic heterocycles. The lowest BCUT2D eigenvalue weighted by Gasteiger charge is -2.22. The van der Waals surface area contributed by atoms with E-state index in [0.29, 0.717) is 12.1 Å². The molecule has 1 aliphatic heterocycles. The summed E-state index contributed by atoms with van der Waals surface area (Å²) >= 11 is 0. The van der Waals surface area contributed by atoms with Gasteiger partial charge in [-0.05, 0) is 19.3 Å². The van der Waals surface area contributed by atoms with Gasteiger partial charge in [0, 0.05) is 19.7 Å². The monoisotopic (exact) mass is 224 g/mol. The van der Waals surface area contributed by atoms with Crippen molar-refractivity contribution in [1.82, 2.24) is 20.1 Å². The van der Waals surface area contributed by atoms with E-state index in [1.807, 2.05) is 11.6 Å². The molecule has 2 rings (SSSR count). The summed E-state index contributed by atoms with van der Waals surface area (Å²) in [7, 11) is 1.96. The van der Waals surface area contributed by atoms with Crippen LogP contribution in [-0.2, 0) is 18.3 Å². The van der Waals surface area contributed by atoms with Crippen LogP contribution in [0.5, 0.6) is 0 Å². The van der Waals surface area contributed by atoms with Gasteiger partial charge in [0.05, 0.1) is 12.6 Å². The number of hydrogen-bond donors (Lipinski definition) is 1. The molecule has 0 radical (unpaired) electrons. The Balaban J connectivity index is 1.85. The highest BCUT2D eigenvalue weighted by Gasteiger charge is 2.24. The Morgan fingerprint density at radius 3 is 3.12 bits per heavy atom. The molecule has 0 bridgehead atoms. The second kappa shape index (κ2) is 5.41. The van der Waals surface area contributed by atoms with Crippen LogP contribution >= 0.6 is 0 Å². The van der Waals surface area contributed by atoms with Gasteiger partial charge >= 0.3 is 0 Å². The molecule has 0 aliphatic carbocycles. The molecule has 0 unspecified atom stereocenters. The largest absolute Gasteiger partial charge is 0.377 e. The van der Waals surface area contributed by atoms with Crippen LogP contribution in [0, 0.1) is 0 Å². The first-order valence-electron chi connectivity index (χ1n) is 5.99. The van der Waals surface area contributed by atoms with Gasteiger partial charge in [-0.3, -0.25) is 0 Å². The molecule has 2 heterocycles. The van der Waals surface area contributed by atoms with E-state index < -0.39 is 0 Å². The van der Waals surface area contributed by atoms with Crippen molar-refractivity contribution >= 4 is 0 Å². The molecule has 1 N–H and O–H groups in total. The van der Waals surface area contributed by atoms with Crippen molar-refractivity contribution < 1.29 is 4.74 Å². The van der Waals surface area contributed by atoms with Crippen LogP contribution in [-0.4, -0.2) is 33.5 Å². The lowest BCUT2D eigenvalue weighted by atomic mass is 10.1. The highest BCUT2D eigenvalue weighted by atomic mass is 16.5. The molecule has 1 saturated heterocycles. The Bertz CT molecular complexity index is 320. The van der Waals surface area contributed by atoms with E-state index >= 15 is 0 Å². The number of nitrogens with one attached hydrogen (secondary N) is 1. The Kier molecular flexibility index (Phi) is 3.90. The van der Waals surface area contributed by atoms with Gasteiger partial charge in [0.1, 0.15) is 12.2 Å². The molecule has 1 aromatic rings.